The summed E-state index contributed by atoms with van der Waals surface area (Å²) in [4.78, 5) is 6.95. The van der Waals surface area contributed by atoms with Gasteiger partial charge < -0.3 is 5.73 Å². The van der Waals surface area contributed by atoms with E-state index in [9.17, 15) is 0 Å². The van der Waals surface area contributed by atoms with Crippen molar-refractivity contribution in [2.45, 2.75) is 26.3 Å². The van der Waals surface area contributed by atoms with Gasteiger partial charge in [0.25, 0.3) is 0 Å². The van der Waals surface area contributed by atoms with Crippen LogP contribution in [-0.2, 0) is 0 Å². The number of likely N-dealkylation sites (tertiary alicyclic amines) is 1. The normalized spacial score (nSPS) is 25.1. The molecule has 1 aliphatic rings. The van der Waals surface area contributed by atoms with Gasteiger partial charge in [0.1, 0.15) is 0 Å². The molecule has 2 N–H and O–H groups in total. The summed E-state index contributed by atoms with van der Waals surface area (Å²) in [7, 11) is 0. The number of pyridine rings is 1. The summed E-state index contributed by atoms with van der Waals surface area (Å²) in [5.41, 5.74) is 8.48. The minimum Gasteiger partial charge on any atom is -0.329 e. The molecule has 0 saturated carbocycles. The average molecular weight is 283 g/mol. The fraction of sp³-hybridized carbons (Fsp3) is 0.500. The highest BCUT2D eigenvalue weighted by molar-refractivity contribution is 5.79. The molecule has 3 rings (SSSR count). The Hall–Kier alpha value is -1.45. The summed E-state index contributed by atoms with van der Waals surface area (Å²) in [6, 6.07) is 11.0. The number of benzene rings is 1. The average Bonchev–Trinajstić information content (AvgIpc) is 2.51. The van der Waals surface area contributed by atoms with Crippen molar-refractivity contribution in [3.8, 4) is 0 Å². The van der Waals surface area contributed by atoms with Crippen molar-refractivity contribution in [1.29, 1.82) is 0 Å². The van der Waals surface area contributed by atoms with Crippen LogP contribution in [0.5, 0.6) is 0 Å². The van der Waals surface area contributed by atoms with Crippen molar-refractivity contribution < 1.29 is 0 Å². The first kappa shape index (κ1) is 14.5. The van der Waals surface area contributed by atoms with Crippen molar-refractivity contribution in [1.82, 2.24) is 9.88 Å². The molecule has 3 unspecified atom stereocenters. The van der Waals surface area contributed by atoms with Gasteiger partial charge in [-0.2, -0.15) is 0 Å². The Bertz CT molecular complexity index is 610. The summed E-state index contributed by atoms with van der Waals surface area (Å²) in [5, 5.41) is 1.20. The molecule has 1 fully saturated rings. The van der Waals surface area contributed by atoms with Crippen LogP contribution in [0, 0.1) is 11.8 Å². The van der Waals surface area contributed by atoms with Crippen LogP contribution < -0.4 is 5.73 Å². The SMILES string of the molecule is CC1CCN(C(CN)c2ccc3ncccc3c2)CC1C. The van der Waals surface area contributed by atoms with Crippen molar-refractivity contribution >= 4 is 10.9 Å². The second-order valence-electron chi connectivity index (χ2n) is 6.45. The van der Waals surface area contributed by atoms with Crippen LogP contribution in [0.15, 0.2) is 36.5 Å². The van der Waals surface area contributed by atoms with Gasteiger partial charge in [0.05, 0.1) is 5.52 Å². The molecule has 0 aliphatic carbocycles. The molecule has 2 aromatic rings. The number of nitrogens with zero attached hydrogens (tertiary/aromatic N) is 2. The lowest BCUT2D eigenvalue weighted by Gasteiger charge is -2.40. The first-order valence-electron chi connectivity index (χ1n) is 7.98. The van der Waals surface area contributed by atoms with Gasteiger partial charge in [-0.25, -0.2) is 0 Å². The highest BCUT2D eigenvalue weighted by atomic mass is 15.2. The summed E-state index contributed by atoms with van der Waals surface area (Å²) < 4.78 is 0. The van der Waals surface area contributed by atoms with Crippen LogP contribution in [0.3, 0.4) is 0 Å². The smallest absolute Gasteiger partial charge is 0.0702 e. The lowest BCUT2D eigenvalue weighted by Crippen LogP contribution is -2.43. The molecule has 0 radical (unpaired) electrons. The van der Waals surface area contributed by atoms with Gasteiger partial charge in [0, 0.05) is 30.7 Å². The maximum absolute atomic E-state index is 6.10. The lowest BCUT2D eigenvalue weighted by molar-refractivity contribution is 0.0983. The maximum Gasteiger partial charge on any atom is 0.0702 e. The number of rotatable bonds is 3. The summed E-state index contributed by atoms with van der Waals surface area (Å²) in [6.45, 7) is 7.69. The molecule has 21 heavy (non-hydrogen) atoms. The van der Waals surface area contributed by atoms with Crippen molar-refractivity contribution in [2.24, 2.45) is 17.6 Å². The second kappa shape index (κ2) is 6.12. The van der Waals surface area contributed by atoms with Crippen molar-refractivity contribution in [3.05, 3.63) is 42.1 Å². The number of fused-ring (bicyclic) bond motifs is 1. The molecule has 1 aromatic heterocycles. The van der Waals surface area contributed by atoms with Crippen molar-refractivity contribution in [3.63, 3.8) is 0 Å². The third-order valence-electron chi connectivity index (χ3n) is 5.04. The first-order valence-corrected chi connectivity index (χ1v) is 7.98. The number of hydrogen-bond acceptors (Lipinski definition) is 3. The van der Waals surface area contributed by atoms with E-state index in [1.165, 1.54) is 17.4 Å². The van der Waals surface area contributed by atoms with Crippen LogP contribution >= 0.6 is 0 Å². The van der Waals surface area contributed by atoms with E-state index >= 15 is 0 Å². The molecule has 2 heterocycles. The van der Waals surface area contributed by atoms with Crippen LogP contribution in [-0.4, -0.2) is 29.5 Å². The topological polar surface area (TPSA) is 42.1 Å². The van der Waals surface area contributed by atoms with Crippen LogP contribution in [0.4, 0.5) is 0 Å². The Balaban J connectivity index is 1.87. The minimum absolute atomic E-state index is 0.324. The van der Waals surface area contributed by atoms with Crippen LogP contribution in [0.1, 0.15) is 31.9 Å². The van der Waals surface area contributed by atoms with Crippen LogP contribution in [0.2, 0.25) is 0 Å². The third kappa shape index (κ3) is 2.94. The largest absolute Gasteiger partial charge is 0.329 e. The number of aromatic nitrogens is 1. The van der Waals surface area contributed by atoms with E-state index in [1.54, 1.807) is 0 Å². The molecule has 0 amide bonds. The molecule has 0 bridgehead atoms. The molecule has 0 spiro atoms. The van der Waals surface area contributed by atoms with Gasteiger partial charge in [-0.15, -0.1) is 0 Å². The molecular formula is C18H25N3. The van der Waals surface area contributed by atoms with E-state index in [4.69, 9.17) is 5.73 Å². The zero-order valence-electron chi connectivity index (χ0n) is 13.0. The summed E-state index contributed by atoms with van der Waals surface area (Å²) in [5.74, 6) is 1.57. The van der Waals surface area contributed by atoms with E-state index < -0.39 is 0 Å². The Morgan fingerprint density at radius 3 is 2.90 bits per heavy atom. The standard InChI is InChI=1S/C18H25N3/c1-13-7-9-21(12-14(13)2)18(11-19)16-5-6-17-15(10-16)4-3-8-20-17/h3-6,8,10,13-14,18H,7,9,11-12,19H2,1-2H3. The Kier molecular flexibility index (Phi) is 4.22. The molecular weight excluding hydrogens is 258 g/mol. The predicted octanol–water partition coefficient (Wildman–Crippen LogP) is 3.21. The molecule has 112 valence electrons. The number of piperidine rings is 1. The third-order valence-corrected chi connectivity index (χ3v) is 5.04. The number of hydrogen-bond donors (Lipinski definition) is 1. The van der Waals surface area contributed by atoms with Crippen LogP contribution in [0.25, 0.3) is 10.9 Å². The van der Waals surface area contributed by atoms with E-state index in [1.807, 2.05) is 12.3 Å². The van der Waals surface area contributed by atoms with Gasteiger partial charge in [-0.05, 0) is 48.6 Å². The predicted molar refractivity (Wildman–Crippen MR) is 88.1 cm³/mol. The first-order chi connectivity index (χ1) is 10.2. The van der Waals surface area contributed by atoms with Gasteiger partial charge in [0.15, 0.2) is 0 Å². The lowest BCUT2D eigenvalue weighted by atomic mass is 9.87. The van der Waals surface area contributed by atoms with E-state index in [0.717, 1.165) is 30.4 Å². The second-order valence-corrected chi connectivity index (χ2v) is 6.45. The molecule has 1 aromatic carbocycles. The van der Waals surface area contributed by atoms with Crippen molar-refractivity contribution in [2.75, 3.05) is 19.6 Å². The molecule has 3 nitrogen and oxygen atoms in total. The van der Waals surface area contributed by atoms with E-state index in [0.29, 0.717) is 12.6 Å². The highest BCUT2D eigenvalue weighted by Crippen LogP contribution is 2.30. The Morgan fingerprint density at radius 1 is 1.29 bits per heavy atom. The van der Waals surface area contributed by atoms with Gasteiger partial charge in [0.2, 0.25) is 0 Å². The molecule has 3 atom stereocenters. The quantitative estimate of drug-likeness (QED) is 0.940. The maximum atomic E-state index is 6.10. The Morgan fingerprint density at radius 2 is 2.14 bits per heavy atom. The summed E-state index contributed by atoms with van der Waals surface area (Å²) in [6.07, 6.45) is 3.11. The fourth-order valence-electron chi connectivity index (χ4n) is 3.38. The Labute approximate surface area is 127 Å². The van der Waals surface area contributed by atoms with E-state index in [-0.39, 0.29) is 0 Å². The number of nitrogens with two attached hydrogens (primary N) is 1. The minimum atomic E-state index is 0.324. The van der Waals surface area contributed by atoms with Gasteiger partial charge >= 0.3 is 0 Å². The summed E-state index contributed by atoms with van der Waals surface area (Å²) >= 11 is 0. The van der Waals surface area contributed by atoms with Gasteiger partial charge in [-0.1, -0.05) is 26.0 Å². The zero-order valence-corrected chi connectivity index (χ0v) is 13.0. The zero-order chi connectivity index (χ0) is 14.8. The highest BCUT2D eigenvalue weighted by Gasteiger charge is 2.27. The molecule has 1 saturated heterocycles. The van der Waals surface area contributed by atoms with E-state index in [2.05, 4.69) is 48.0 Å². The molecule has 1 aliphatic heterocycles. The fourth-order valence-corrected chi connectivity index (χ4v) is 3.38. The monoisotopic (exact) mass is 283 g/mol. The molecule has 3 heteroatoms. The van der Waals surface area contributed by atoms with Gasteiger partial charge in [-0.3, -0.25) is 9.88 Å².